The molecule has 0 radical (unpaired) electrons. The van der Waals surface area contributed by atoms with Crippen LogP contribution in [0.3, 0.4) is 0 Å². The van der Waals surface area contributed by atoms with Crippen molar-refractivity contribution in [1.29, 1.82) is 0 Å². The van der Waals surface area contributed by atoms with E-state index in [0.717, 1.165) is 5.75 Å². The van der Waals surface area contributed by atoms with Crippen molar-refractivity contribution < 1.29 is 19.1 Å². The standard InChI is InChI=1S/C16H19NO4/c1-2-21-14-5-3-12(4-6-14)16(19)17-9-7-15(18)13-8-10-20-11-13/h3-6,8,10-11,15,18H,2,7,9H2,1H3,(H,17,19). The molecular weight excluding hydrogens is 270 g/mol. The lowest BCUT2D eigenvalue weighted by Crippen LogP contribution is -2.25. The van der Waals surface area contributed by atoms with Crippen molar-refractivity contribution in [3.63, 3.8) is 0 Å². The van der Waals surface area contributed by atoms with Gasteiger partial charge in [0, 0.05) is 17.7 Å². The van der Waals surface area contributed by atoms with Crippen LogP contribution in [0.5, 0.6) is 5.75 Å². The number of furan rings is 1. The fourth-order valence-corrected chi connectivity index (χ4v) is 1.92. The molecule has 21 heavy (non-hydrogen) atoms. The Bertz CT molecular complexity index is 548. The minimum absolute atomic E-state index is 0.169. The third-order valence-electron chi connectivity index (χ3n) is 3.06. The SMILES string of the molecule is CCOc1ccc(C(=O)NCCC(O)c2ccoc2)cc1. The number of carbonyl (C=O) groups is 1. The van der Waals surface area contributed by atoms with Gasteiger partial charge in [-0.2, -0.15) is 0 Å². The lowest BCUT2D eigenvalue weighted by molar-refractivity contribution is 0.0942. The number of hydrogen-bond acceptors (Lipinski definition) is 4. The summed E-state index contributed by atoms with van der Waals surface area (Å²) in [7, 11) is 0. The fraction of sp³-hybridized carbons (Fsp3) is 0.312. The van der Waals surface area contributed by atoms with E-state index in [9.17, 15) is 9.90 Å². The van der Waals surface area contributed by atoms with Gasteiger partial charge in [0.1, 0.15) is 5.75 Å². The van der Waals surface area contributed by atoms with E-state index in [1.165, 1.54) is 12.5 Å². The quantitative estimate of drug-likeness (QED) is 0.821. The van der Waals surface area contributed by atoms with Gasteiger partial charge >= 0.3 is 0 Å². The summed E-state index contributed by atoms with van der Waals surface area (Å²) >= 11 is 0. The second kappa shape index (κ2) is 7.50. The van der Waals surface area contributed by atoms with Gasteiger partial charge in [-0.1, -0.05) is 0 Å². The van der Waals surface area contributed by atoms with Crippen LogP contribution in [0.2, 0.25) is 0 Å². The Hall–Kier alpha value is -2.27. The van der Waals surface area contributed by atoms with Gasteiger partial charge in [-0.15, -0.1) is 0 Å². The molecule has 2 rings (SSSR count). The Morgan fingerprint density at radius 2 is 2.10 bits per heavy atom. The molecule has 0 fully saturated rings. The van der Waals surface area contributed by atoms with E-state index >= 15 is 0 Å². The van der Waals surface area contributed by atoms with Gasteiger partial charge in [0.25, 0.3) is 5.91 Å². The second-order valence-electron chi connectivity index (χ2n) is 4.57. The molecule has 0 saturated carbocycles. The minimum Gasteiger partial charge on any atom is -0.494 e. The van der Waals surface area contributed by atoms with Crippen LogP contribution >= 0.6 is 0 Å². The Balaban J connectivity index is 1.79. The number of nitrogens with one attached hydrogen (secondary N) is 1. The first-order valence-electron chi connectivity index (χ1n) is 6.92. The number of rotatable bonds is 7. The first-order chi connectivity index (χ1) is 10.2. The average Bonchev–Trinajstić information content (AvgIpc) is 3.02. The highest BCUT2D eigenvalue weighted by Gasteiger charge is 2.10. The zero-order valence-corrected chi connectivity index (χ0v) is 11.9. The molecule has 0 aliphatic carbocycles. The van der Waals surface area contributed by atoms with Crippen LogP contribution in [0.15, 0.2) is 47.3 Å². The van der Waals surface area contributed by atoms with Crippen LogP contribution in [0.25, 0.3) is 0 Å². The lowest BCUT2D eigenvalue weighted by atomic mass is 10.1. The van der Waals surface area contributed by atoms with Crippen molar-refractivity contribution in [2.45, 2.75) is 19.4 Å². The van der Waals surface area contributed by atoms with Crippen LogP contribution in [-0.2, 0) is 0 Å². The Morgan fingerprint density at radius 1 is 1.33 bits per heavy atom. The predicted molar refractivity (Wildman–Crippen MR) is 78.2 cm³/mol. The minimum atomic E-state index is -0.635. The third kappa shape index (κ3) is 4.36. The molecule has 2 aromatic rings. The van der Waals surface area contributed by atoms with E-state index in [2.05, 4.69) is 5.32 Å². The summed E-state index contributed by atoms with van der Waals surface area (Å²) in [5.74, 6) is 0.571. The van der Waals surface area contributed by atoms with E-state index in [1.54, 1.807) is 30.3 Å². The number of amides is 1. The number of aliphatic hydroxyl groups excluding tert-OH is 1. The number of carbonyl (C=O) groups excluding carboxylic acids is 1. The molecule has 0 aliphatic rings. The molecule has 1 heterocycles. The maximum absolute atomic E-state index is 11.9. The summed E-state index contributed by atoms with van der Waals surface area (Å²) in [6.07, 6.45) is 2.81. The Labute approximate surface area is 123 Å². The molecule has 0 saturated heterocycles. The van der Waals surface area contributed by atoms with Crippen molar-refractivity contribution in [1.82, 2.24) is 5.32 Å². The van der Waals surface area contributed by atoms with Crippen molar-refractivity contribution >= 4 is 5.91 Å². The van der Waals surface area contributed by atoms with Crippen molar-refractivity contribution in [2.75, 3.05) is 13.2 Å². The molecular formula is C16H19NO4. The fourth-order valence-electron chi connectivity index (χ4n) is 1.92. The highest BCUT2D eigenvalue weighted by atomic mass is 16.5. The zero-order valence-electron chi connectivity index (χ0n) is 11.9. The van der Waals surface area contributed by atoms with Gasteiger partial charge in [0.15, 0.2) is 0 Å². The number of ether oxygens (including phenoxy) is 1. The van der Waals surface area contributed by atoms with Crippen molar-refractivity contribution in [3.8, 4) is 5.75 Å². The highest BCUT2D eigenvalue weighted by molar-refractivity contribution is 5.94. The molecule has 2 N–H and O–H groups in total. The maximum Gasteiger partial charge on any atom is 0.251 e. The molecule has 1 unspecified atom stereocenters. The Kier molecular flexibility index (Phi) is 5.40. The van der Waals surface area contributed by atoms with E-state index in [4.69, 9.17) is 9.15 Å². The monoisotopic (exact) mass is 289 g/mol. The number of benzene rings is 1. The molecule has 112 valence electrons. The van der Waals surface area contributed by atoms with Gasteiger partial charge in [-0.25, -0.2) is 0 Å². The van der Waals surface area contributed by atoms with E-state index in [-0.39, 0.29) is 5.91 Å². The van der Waals surface area contributed by atoms with Gasteiger partial charge in [0.2, 0.25) is 0 Å². The molecule has 1 atom stereocenters. The summed E-state index contributed by atoms with van der Waals surface area (Å²) in [6, 6.07) is 8.66. The lowest BCUT2D eigenvalue weighted by Gasteiger charge is -2.10. The molecule has 0 bridgehead atoms. The van der Waals surface area contributed by atoms with Gasteiger partial charge in [0.05, 0.1) is 25.2 Å². The smallest absolute Gasteiger partial charge is 0.251 e. The van der Waals surface area contributed by atoms with Crippen LogP contribution in [-0.4, -0.2) is 24.2 Å². The van der Waals surface area contributed by atoms with Crippen LogP contribution in [0.1, 0.15) is 35.4 Å². The molecule has 1 aromatic carbocycles. The van der Waals surface area contributed by atoms with Crippen LogP contribution in [0.4, 0.5) is 0 Å². The van der Waals surface area contributed by atoms with Crippen LogP contribution < -0.4 is 10.1 Å². The predicted octanol–water partition coefficient (Wildman–Crippen LogP) is 2.53. The average molecular weight is 289 g/mol. The first kappa shape index (κ1) is 15.1. The van der Waals surface area contributed by atoms with Gasteiger partial charge in [-0.3, -0.25) is 4.79 Å². The summed E-state index contributed by atoms with van der Waals surface area (Å²) in [4.78, 5) is 11.9. The number of aliphatic hydroxyl groups is 1. The molecule has 0 spiro atoms. The summed E-state index contributed by atoms with van der Waals surface area (Å²) < 4.78 is 10.2. The molecule has 1 amide bonds. The molecule has 0 aliphatic heterocycles. The van der Waals surface area contributed by atoms with E-state index in [1.807, 2.05) is 6.92 Å². The highest BCUT2D eigenvalue weighted by Crippen LogP contribution is 2.16. The van der Waals surface area contributed by atoms with Crippen molar-refractivity contribution in [3.05, 3.63) is 54.0 Å². The molecule has 5 heteroatoms. The van der Waals surface area contributed by atoms with Gasteiger partial charge in [-0.05, 0) is 43.7 Å². The maximum atomic E-state index is 11.9. The normalized spacial score (nSPS) is 11.9. The molecule has 1 aromatic heterocycles. The number of hydrogen-bond donors (Lipinski definition) is 2. The Morgan fingerprint density at radius 3 is 2.71 bits per heavy atom. The summed E-state index contributed by atoms with van der Waals surface area (Å²) in [5.41, 5.74) is 1.28. The summed E-state index contributed by atoms with van der Waals surface area (Å²) in [5, 5.41) is 12.6. The summed E-state index contributed by atoms with van der Waals surface area (Å²) in [6.45, 7) is 2.89. The topological polar surface area (TPSA) is 71.7 Å². The van der Waals surface area contributed by atoms with E-state index in [0.29, 0.717) is 30.7 Å². The third-order valence-corrected chi connectivity index (χ3v) is 3.06. The van der Waals surface area contributed by atoms with Gasteiger partial charge < -0.3 is 19.6 Å². The molecule has 5 nitrogen and oxygen atoms in total. The largest absolute Gasteiger partial charge is 0.494 e. The van der Waals surface area contributed by atoms with Crippen LogP contribution in [0, 0.1) is 0 Å². The second-order valence-corrected chi connectivity index (χ2v) is 4.57. The van der Waals surface area contributed by atoms with Crippen molar-refractivity contribution in [2.24, 2.45) is 0 Å². The first-order valence-corrected chi connectivity index (χ1v) is 6.92. The van der Waals surface area contributed by atoms with E-state index < -0.39 is 6.10 Å². The zero-order chi connectivity index (χ0) is 15.1.